The summed E-state index contributed by atoms with van der Waals surface area (Å²) in [7, 11) is 0. The van der Waals surface area contributed by atoms with Crippen molar-refractivity contribution in [1.29, 1.82) is 0 Å². The molecule has 0 aliphatic rings. The van der Waals surface area contributed by atoms with Gasteiger partial charge in [0.2, 0.25) is 0 Å². The van der Waals surface area contributed by atoms with Crippen LogP contribution >= 0.6 is 11.8 Å². The fourth-order valence-corrected chi connectivity index (χ4v) is 1.77. The van der Waals surface area contributed by atoms with E-state index in [1.807, 2.05) is 20.8 Å². The second-order valence-electron chi connectivity index (χ2n) is 4.36. The van der Waals surface area contributed by atoms with Crippen LogP contribution in [-0.4, -0.2) is 35.7 Å². The lowest BCUT2D eigenvalue weighted by Gasteiger charge is -2.21. The number of carbonyl (C=O) groups is 1. The smallest absolute Gasteiger partial charge is 0.324 e. The van der Waals surface area contributed by atoms with E-state index < -0.39 is 11.6 Å². The zero-order valence-electron chi connectivity index (χ0n) is 9.79. The van der Waals surface area contributed by atoms with Gasteiger partial charge < -0.3 is 16.2 Å². The predicted octanol–water partition coefficient (Wildman–Crippen LogP) is 0.737. The van der Waals surface area contributed by atoms with Gasteiger partial charge in [-0.25, -0.2) is 0 Å². The van der Waals surface area contributed by atoms with Crippen LogP contribution in [0, 0.1) is 0 Å². The molecule has 0 amide bonds. The third-order valence-electron chi connectivity index (χ3n) is 1.50. The Bertz CT molecular complexity index is 192. The van der Waals surface area contributed by atoms with Gasteiger partial charge >= 0.3 is 5.97 Å². The van der Waals surface area contributed by atoms with E-state index >= 15 is 0 Å². The quantitative estimate of drug-likeness (QED) is 0.523. The Hall–Kier alpha value is -0.260. The number of nitrogens with two attached hydrogens (primary N) is 2. The van der Waals surface area contributed by atoms with Crippen LogP contribution in [0.4, 0.5) is 0 Å². The average molecular weight is 234 g/mol. The first-order chi connectivity index (χ1) is 6.87. The number of thioether (sulfide) groups is 1. The molecule has 15 heavy (non-hydrogen) atoms. The lowest BCUT2D eigenvalue weighted by Crippen LogP contribution is -2.39. The Morgan fingerprint density at radius 2 is 2.07 bits per heavy atom. The van der Waals surface area contributed by atoms with Gasteiger partial charge in [-0.3, -0.25) is 4.79 Å². The van der Waals surface area contributed by atoms with Gasteiger partial charge in [-0.1, -0.05) is 0 Å². The van der Waals surface area contributed by atoms with Gasteiger partial charge in [-0.15, -0.1) is 0 Å². The fourth-order valence-electron chi connectivity index (χ4n) is 0.841. The highest BCUT2D eigenvalue weighted by Crippen LogP contribution is 2.10. The summed E-state index contributed by atoms with van der Waals surface area (Å²) < 4.78 is 5.15. The van der Waals surface area contributed by atoms with Crippen LogP contribution in [0.2, 0.25) is 0 Å². The number of esters is 1. The number of ether oxygens (including phenoxy) is 1. The molecule has 0 spiro atoms. The van der Waals surface area contributed by atoms with E-state index in [1.54, 1.807) is 11.8 Å². The minimum absolute atomic E-state index is 0.331. The maximum atomic E-state index is 11.4. The van der Waals surface area contributed by atoms with Gasteiger partial charge in [0.05, 0.1) is 0 Å². The molecule has 0 aromatic heterocycles. The zero-order valence-corrected chi connectivity index (χ0v) is 10.6. The first kappa shape index (κ1) is 14.7. The second-order valence-corrected chi connectivity index (χ2v) is 5.51. The van der Waals surface area contributed by atoms with Crippen molar-refractivity contribution < 1.29 is 9.53 Å². The number of carbonyl (C=O) groups excluding carboxylic acids is 1. The molecule has 0 aliphatic carbocycles. The van der Waals surface area contributed by atoms with Crippen LogP contribution in [0.25, 0.3) is 0 Å². The predicted molar refractivity (Wildman–Crippen MR) is 64.8 cm³/mol. The molecule has 0 aromatic carbocycles. The van der Waals surface area contributed by atoms with Gasteiger partial charge in [0, 0.05) is 5.75 Å². The fraction of sp³-hybridized carbons (Fsp3) is 0.900. The molecule has 4 nitrogen and oxygen atoms in total. The van der Waals surface area contributed by atoms with Crippen molar-refractivity contribution in [3.8, 4) is 0 Å². The van der Waals surface area contributed by atoms with Gasteiger partial charge in [0.15, 0.2) is 0 Å². The molecule has 0 rings (SSSR count). The van der Waals surface area contributed by atoms with Gasteiger partial charge in [0.1, 0.15) is 11.6 Å². The first-order valence-corrected chi connectivity index (χ1v) is 6.28. The van der Waals surface area contributed by atoms with Crippen LogP contribution in [0.1, 0.15) is 27.2 Å². The first-order valence-electron chi connectivity index (χ1n) is 5.13. The summed E-state index contributed by atoms with van der Waals surface area (Å²) in [5.41, 5.74) is 10.6. The molecule has 0 bridgehead atoms. The van der Waals surface area contributed by atoms with Gasteiger partial charge in [-0.2, -0.15) is 11.8 Å². The van der Waals surface area contributed by atoms with Crippen molar-refractivity contribution in [3.63, 3.8) is 0 Å². The largest absolute Gasteiger partial charge is 0.459 e. The van der Waals surface area contributed by atoms with Crippen LogP contribution < -0.4 is 11.5 Å². The summed E-state index contributed by atoms with van der Waals surface area (Å²) in [4.78, 5) is 11.4. The number of hydrogen-bond acceptors (Lipinski definition) is 5. The molecule has 0 aliphatic heterocycles. The summed E-state index contributed by atoms with van der Waals surface area (Å²) in [6.45, 7) is 6.17. The maximum absolute atomic E-state index is 11.4. The zero-order chi connectivity index (χ0) is 11.9. The molecule has 4 N–H and O–H groups in total. The third-order valence-corrected chi connectivity index (χ3v) is 2.67. The van der Waals surface area contributed by atoms with E-state index in [2.05, 4.69) is 0 Å². The summed E-state index contributed by atoms with van der Waals surface area (Å²) in [5.74, 6) is 1.20. The van der Waals surface area contributed by atoms with E-state index in [-0.39, 0.29) is 5.97 Å². The molecule has 0 radical (unpaired) electrons. The molecule has 1 unspecified atom stereocenters. The molecular formula is C10H22N2O2S. The molecular weight excluding hydrogens is 212 g/mol. The molecule has 0 aromatic rings. The third kappa shape index (κ3) is 8.72. The van der Waals surface area contributed by atoms with Crippen molar-refractivity contribution in [3.05, 3.63) is 0 Å². The topological polar surface area (TPSA) is 78.3 Å². The van der Waals surface area contributed by atoms with Crippen molar-refractivity contribution in [2.45, 2.75) is 38.8 Å². The molecule has 5 heteroatoms. The van der Waals surface area contributed by atoms with Gasteiger partial charge in [-0.05, 0) is 39.5 Å². The maximum Gasteiger partial charge on any atom is 0.324 e. The lowest BCUT2D eigenvalue weighted by atomic mass is 10.2. The normalized spacial score (nSPS) is 13.7. The summed E-state index contributed by atoms with van der Waals surface area (Å²) in [6, 6.07) is -0.535. The molecule has 0 fully saturated rings. The minimum atomic E-state index is -0.535. The van der Waals surface area contributed by atoms with Crippen molar-refractivity contribution in [1.82, 2.24) is 0 Å². The van der Waals surface area contributed by atoms with Crippen molar-refractivity contribution in [2.75, 3.05) is 18.1 Å². The van der Waals surface area contributed by atoms with E-state index in [4.69, 9.17) is 16.2 Å². The Labute approximate surface area is 96.1 Å². The standard InChI is InChI=1S/C10H22N2O2S/c1-10(2,3)14-9(13)8(12)7-15-6-4-5-11/h8H,4-7,11-12H2,1-3H3. The van der Waals surface area contributed by atoms with Crippen LogP contribution in [0.5, 0.6) is 0 Å². The van der Waals surface area contributed by atoms with Crippen LogP contribution in [0.3, 0.4) is 0 Å². The monoisotopic (exact) mass is 234 g/mol. The van der Waals surface area contributed by atoms with Crippen LogP contribution in [0.15, 0.2) is 0 Å². The Morgan fingerprint density at radius 1 is 1.47 bits per heavy atom. The van der Waals surface area contributed by atoms with Crippen molar-refractivity contribution in [2.24, 2.45) is 11.5 Å². The molecule has 0 saturated carbocycles. The minimum Gasteiger partial charge on any atom is -0.459 e. The lowest BCUT2D eigenvalue weighted by molar-refractivity contribution is -0.155. The Morgan fingerprint density at radius 3 is 2.53 bits per heavy atom. The molecule has 0 heterocycles. The highest BCUT2D eigenvalue weighted by molar-refractivity contribution is 7.99. The number of rotatable bonds is 6. The van der Waals surface area contributed by atoms with Crippen molar-refractivity contribution >= 4 is 17.7 Å². The van der Waals surface area contributed by atoms with E-state index in [1.165, 1.54) is 0 Å². The summed E-state index contributed by atoms with van der Waals surface area (Å²) in [6.07, 6.45) is 0.950. The number of hydrogen-bond donors (Lipinski definition) is 2. The second kappa shape index (κ2) is 7.09. The van der Waals surface area contributed by atoms with E-state index in [0.717, 1.165) is 12.2 Å². The van der Waals surface area contributed by atoms with E-state index in [0.29, 0.717) is 12.3 Å². The highest BCUT2D eigenvalue weighted by atomic mass is 32.2. The Balaban J connectivity index is 3.70. The van der Waals surface area contributed by atoms with Gasteiger partial charge in [0.25, 0.3) is 0 Å². The molecule has 0 saturated heterocycles. The van der Waals surface area contributed by atoms with Crippen LogP contribution in [-0.2, 0) is 9.53 Å². The highest BCUT2D eigenvalue weighted by Gasteiger charge is 2.21. The Kier molecular flexibility index (Phi) is 6.96. The summed E-state index contributed by atoms with van der Waals surface area (Å²) >= 11 is 1.63. The average Bonchev–Trinajstić information content (AvgIpc) is 2.09. The molecule has 1 atom stereocenters. The summed E-state index contributed by atoms with van der Waals surface area (Å²) in [5, 5.41) is 0. The van der Waals surface area contributed by atoms with E-state index in [9.17, 15) is 4.79 Å². The molecule has 90 valence electrons. The SMILES string of the molecule is CC(C)(C)OC(=O)C(N)CSCCCN.